The van der Waals surface area contributed by atoms with Gasteiger partial charge in [0.05, 0.1) is 11.8 Å². The van der Waals surface area contributed by atoms with Gasteiger partial charge >= 0.3 is 5.97 Å². The molecule has 1 amide bonds. The van der Waals surface area contributed by atoms with E-state index in [0.29, 0.717) is 5.56 Å². The first kappa shape index (κ1) is 13.7. The largest absolute Gasteiger partial charge is 0.477 e. The van der Waals surface area contributed by atoms with Crippen molar-refractivity contribution in [3.8, 4) is 0 Å². The molecule has 1 aromatic carbocycles. The fourth-order valence-electron chi connectivity index (χ4n) is 1.73. The monoisotopic (exact) mass is 277 g/mol. The Morgan fingerprint density at radius 2 is 2.10 bits per heavy atom. The fraction of sp³-hybridized carbons (Fsp3) is 0.154. The molecule has 2 N–H and O–H groups in total. The molecule has 0 spiro atoms. The Labute approximate surface area is 113 Å². The number of carbonyl (C=O) groups is 2. The molecular weight excluding hydrogens is 265 g/mol. The third-order valence-corrected chi connectivity index (χ3v) is 2.82. The summed E-state index contributed by atoms with van der Waals surface area (Å²) in [5.41, 5.74) is 0.393. The van der Waals surface area contributed by atoms with Gasteiger partial charge in [-0.25, -0.2) is 9.18 Å². The normalized spacial score (nSPS) is 10.3. The third-order valence-electron chi connectivity index (χ3n) is 2.82. The van der Waals surface area contributed by atoms with Crippen LogP contribution in [0.4, 0.5) is 10.1 Å². The molecule has 2 rings (SSSR count). The van der Waals surface area contributed by atoms with Crippen LogP contribution in [-0.2, 0) is 7.05 Å². The molecule has 0 atom stereocenters. The van der Waals surface area contributed by atoms with Gasteiger partial charge in [-0.05, 0) is 24.6 Å². The van der Waals surface area contributed by atoms with E-state index in [1.807, 2.05) is 0 Å². The van der Waals surface area contributed by atoms with Crippen LogP contribution in [0.25, 0.3) is 0 Å². The lowest BCUT2D eigenvalue weighted by Gasteiger charge is -2.06. The first-order chi connectivity index (χ1) is 9.40. The number of aromatic carboxylic acids is 1. The van der Waals surface area contributed by atoms with Crippen LogP contribution in [0, 0.1) is 12.7 Å². The van der Waals surface area contributed by atoms with Gasteiger partial charge in [0.25, 0.3) is 5.91 Å². The van der Waals surface area contributed by atoms with Crippen LogP contribution in [0.5, 0.6) is 0 Å². The molecule has 7 heteroatoms. The fourth-order valence-corrected chi connectivity index (χ4v) is 1.73. The topological polar surface area (TPSA) is 84.2 Å². The summed E-state index contributed by atoms with van der Waals surface area (Å²) in [6.07, 6.45) is 1.16. The van der Waals surface area contributed by atoms with Crippen LogP contribution >= 0.6 is 0 Å². The van der Waals surface area contributed by atoms with Crippen molar-refractivity contribution < 1.29 is 19.1 Å². The maximum atomic E-state index is 13.4. The van der Waals surface area contributed by atoms with Crippen molar-refractivity contribution in [2.24, 2.45) is 7.05 Å². The molecule has 0 saturated heterocycles. The minimum atomic E-state index is -1.26. The predicted octanol–water partition coefficient (Wildman–Crippen LogP) is 1.82. The van der Waals surface area contributed by atoms with Gasteiger partial charge in [0.2, 0.25) is 0 Å². The summed E-state index contributed by atoms with van der Waals surface area (Å²) in [6, 6.07) is 4.23. The molecule has 0 unspecified atom stereocenters. The Morgan fingerprint density at radius 3 is 2.70 bits per heavy atom. The van der Waals surface area contributed by atoms with Gasteiger partial charge in [0.1, 0.15) is 5.82 Å². The highest BCUT2D eigenvalue weighted by Crippen LogP contribution is 2.16. The number of carboxylic acid groups (broad SMARTS) is 1. The molecule has 104 valence electrons. The number of carboxylic acids is 1. The molecule has 6 nitrogen and oxygen atoms in total. The Morgan fingerprint density at radius 1 is 1.40 bits per heavy atom. The molecule has 2 aromatic rings. The van der Waals surface area contributed by atoms with E-state index in [2.05, 4.69) is 10.4 Å². The number of benzene rings is 1. The summed E-state index contributed by atoms with van der Waals surface area (Å²) < 4.78 is 14.5. The first-order valence-corrected chi connectivity index (χ1v) is 5.73. The summed E-state index contributed by atoms with van der Waals surface area (Å²) in [5.74, 6) is -2.36. The lowest BCUT2D eigenvalue weighted by Crippen LogP contribution is -2.17. The maximum absolute atomic E-state index is 13.4. The summed E-state index contributed by atoms with van der Waals surface area (Å²) >= 11 is 0. The van der Waals surface area contributed by atoms with Gasteiger partial charge in [0, 0.05) is 12.7 Å². The smallest absolute Gasteiger partial charge is 0.354 e. The van der Waals surface area contributed by atoms with E-state index in [1.165, 1.54) is 25.2 Å². The van der Waals surface area contributed by atoms with E-state index < -0.39 is 17.7 Å². The second-order valence-electron chi connectivity index (χ2n) is 4.25. The predicted molar refractivity (Wildman–Crippen MR) is 69.3 cm³/mol. The molecule has 0 aliphatic heterocycles. The molecule has 1 heterocycles. The Balaban J connectivity index is 2.28. The lowest BCUT2D eigenvalue weighted by molar-refractivity contribution is 0.0680. The third kappa shape index (κ3) is 2.51. The van der Waals surface area contributed by atoms with Crippen molar-refractivity contribution in [2.45, 2.75) is 6.92 Å². The van der Waals surface area contributed by atoms with Crippen molar-refractivity contribution in [3.63, 3.8) is 0 Å². The Kier molecular flexibility index (Phi) is 3.51. The number of halogens is 1. The number of rotatable bonds is 3. The minimum absolute atomic E-state index is 0.0824. The molecule has 0 bridgehead atoms. The quantitative estimate of drug-likeness (QED) is 0.896. The molecule has 20 heavy (non-hydrogen) atoms. The van der Waals surface area contributed by atoms with Gasteiger partial charge in [-0.15, -0.1) is 0 Å². The summed E-state index contributed by atoms with van der Waals surface area (Å²) in [6.45, 7) is 1.60. The number of aryl methyl sites for hydroxylation is 2. The number of nitrogens with one attached hydrogen (secondary N) is 1. The van der Waals surface area contributed by atoms with Gasteiger partial charge in [-0.3, -0.25) is 9.48 Å². The van der Waals surface area contributed by atoms with Gasteiger partial charge in [-0.2, -0.15) is 5.10 Å². The first-order valence-electron chi connectivity index (χ1n) is 5.73. The van der Waals surface area contributed by atoms with Crippen molar-refractivity contribution in [1.29, 1.82) is 0 Å². The van der Waals surface area contributed by atoms with Crippen molar-refractivity contribution in [1.82, 2.24) is 9.78 Å². The van der Waals surface area contributed by atoms with Crippen LogP contribution in [0.1, 0.15) is 26.4 Å². The zero-order valence-corrected chi connectivity index (χ0v) is 10.8. The molecule has 0 aliphatic rings. The number of carbonyl (C=O) groups excluding carboxylic acids is 1. The average Bonchev–Trinajstić information content (AvgIpc) is 2.76. The standard InChI is InChI=1S/C13H12FN3O3/c1-7-3-4-8(5-10(7)14)16-12(18)9-6-15-17(2)11(9)13(19)20/h3-6H,1-2H3,(H,16,18)(H,19,20). The summed E-state index contributed by atoms with van der Waals surface area (Å²) in [7, 11) is 1.42. The molecule has 0 aliphatic carbocycles. The number of nitrogens with zero attached hydrogens (tertiary/aromatic N) is 2. The Hall–Kier alpha value is -2.70. The number of hydrogen-bond acceptors (Lipinski definition) is 3. The average molecular weight is 277 g/mol. The zero-order chi connectivity index (χ0) is 14.9. The highest BCUT2D eigenvalue weighted by molar-refractivity contribution is 6.09. The second kappa shape index (κ2) is 5.12. The SMILES string of the molecule is Cc1ccc(NC(=O)c2cnn(C)c2C(=O)O)cc1F. The molecule has 0 saturated carbocycles. The number of amides is 1. The molecule has 0 radical (unpaired) electrons. The molecule has 0 fully saturated rings. The summed E-state index contributed by atoms with van der Waals surface area (Å²) in [5, 5.41) is 15.2. The van der Waals surface area contributed by atoms with E-state index >= 15 is 0 Å². The minimum Gasteiger partial charge on any atom is -0.477 e. The van der Waals surface area contributed by atoms with E-state index in [9.17, 15) is 14.0 Å². The zero-order valence-electron chi connectivity index (χ0n) is 10.8. The van der Waals surface area contributed by atoms with E-state index in [4.69, 9.17) is 5.11 Å². The van der Waals surface area contributed by atoms with Gasteiger partial charge in [-0.1, -0.05) is 6.07 Å². The van der Waals surface area contributed by atoms with Gasteiger partial charge < -0.3 is 10.4 Å². The van der Waals surface area contributed by atoms with Gasteiger partial charge in [0.15, 0.2) is 5.69 Å². The van der Waals surface area contributed by atoms with Crippen molar-refractivity contribution >= 4 is 17.6 Å². The van der Waals surface area contributed by atoms with Crippen LogP contribution < -0.4 is 5.32 Å². The number of hydrogen-bond donors (Lipinski definition) is 2. The summed E-state index contributed by atoms with van der Waals surface area (Å²) in [4.78, 5) is 23.1. The van der Waals surface area contributed by atoms with Crippen molar-refractivity contribution in [3.05, 3.63) is 47.0 Å². The maximum Gasteiger partial charge on any atom is 0.354 e. The lowest BCUT2D eigenvalue weighted by atomic mass is 10.2. The van der Waals surface area contributed by atoms with E-state index in [0.717, 1.165) is 10.9 Å². The highest BCUT2D eigenvalue weighted by Gasteiger charge is 2.21. The van der Waals surface area contributed by atoms with E-state index in [-0.39, 0.29) is 16.9 Å². The Bertz CT molecular complexity index is 694. The van der Waals surface area contributed by atoms with Crippen molar-refractivity contribution in [2.75, 3.05) is 5.32 Å². The van der Waals surface area contributed by atoms with E-state index in [1.54, 1.807) is 6.92 Å². The highest BCUT2D eigenvalue weighted by atomic mass is 19.1. The van der Waals surface area contributed by atoms with Crippen LogP contribution in [0.15, 0.2) is 24.4 Å². The number of anilines is 1. The second-order valence-corrected chi connectivity index (χ2v) is 4.25. The number of aromatic nitrogens is 2. The van der Waals surface area contributed by atoms with Crippen LogP contribution in [-0.4, -0.2) is 26.8 Å². The molecular formula is C13H12FN3O3. The van der Waals surface area contributed by atoms with Crippen LogP contribution in [0.3, 0.4) is 0 Å². The van der Waals surface area contributed by atoms with Crippen LogP contribution in [0.2, 0.25) is 0 Å². The molecule has 1 aromatic heterocycles.